The third-order valence-electron chi connectivity index (χ3n) is 4.55. The van der Waals surface area contributed by atoms with Gasteiger partial charge in [0.25, 0.3) is 5.91 Å². The van der Waals surface area contributed by atoms with E-state index < -0.39 is 15.9 Å². The van der Waals surface area contributed by atoms with Gasteiger partial charge in [-0.3, -0.25) is 10.1 Å². The van der Waals surface area contributed by atoms with Crippen LogP contribution in [0.1, 0.15) is 23.8 Å². The minimum Gasteiger partial charge on any atom is -0.382 e. The van der Waals surface area contributed by atoms with Crippen molar-refractivity contribution in [3.63, 3.8) is 0 Å². The molecule has 2 N–H and O–H groups in total. The van der Waals surface area contributed by atoms with Gasteiger partial charge in [0.1, 0.15) is 10.6 Å². The number of imidazole rings is 1. The van der Waals surface area contributed by atoms with E-state index in [9.17, 15) is 13.2 Å². The Balaban J connectivity index is 1.88. The number of amides is 1. The molecule has 2 aromatic heterocycles. The number of aryl methyl sites for hydroxylation is 2. The second-order valence-electron chi connectivity index (χ2n) is 6.46. The number of sulfonamides is 1. The number of anilines is 1. The van der Waals surface area contributed by atoms with Gasteiger partial charge in [-0.2, -0.15) is 0 Å². The van der Waals surface area contributed by atoms with Crippen molar-refractivity contribution < 1.29 is 17.9 Å². The third kappa shape index (κ3) is 4.50. The fraction of sp³-hybridized carbons (Fsp3) is 0.368. The number of ether oxygens (including phenoxy) is 1. The number of nitrogens with zero attached hydrogens (tertiary/aromatic N) is 3. The van der Waals surface area contributed by atoms with Crippen LogP contribution in [-0.4, -0.2) is 48.7 Å². The second-order valence-corrected chi connectivity index (χ2v) is 8.35. The van der Waals surface area contributed by atoms with Gasteiger partial charge < -0.3 is 13.9 Å². The van der Waals surface area contributed by atoms with Crippen molar-refractivity contribution in [3.8, 4) is 0 Å². The molecule has 156 valence electrons. The van der Waals surface area contributed by atoms with Gasteiger partial charge in [-0.15, -0.1) is 0 Å². The molecule has 9 nitrogen and oxygen atoms in total. The van der Waals surface area contributed by atoms with Gasteiger partial charge in [-0.05, 0) is 38.6 Å². The molecule has 29 heavy (non-hydrogen) atoms. The summed E-state index contributed by atoms with van der Waals surface area (Å²) in [4.78, 5) is 17.4. The van der Waals surface area contributed by atoms with Gasteiger partial charge in [-0.1, -0.05) is 12.1 Å². The fourth-order valence-corrected chi connectivity index (χ4v) is 3.86. The molecule has 0 atom stereocenters. The maximum absolute atomic E-state index is 12.8. The van der Waals surface area contributed by atoms with E-state index in [4.69, 9.17) is 4.74 Å². The Morgan fingerprint density at radius 1 is 1.28 bits per heavy atom. The van der Waals surface area contributed by atoms with Gasteiger partial charge >= 0.3 is 0 Å². The van der Waals surface area contributed by atoms with Crippen LogP contribution in [0.4, 0.5) is 5.95 Å². The molecule has 0 aliphatic rings. The highest BCUT2D eigenvalue weighted by Gasteiger charge is 2.21. The zero-order valence-corrected chi connectivity index (χ0v) is 17.5. The highest BCUT2D eigenvalue weighted by atomic mass is 32.2. The molecule has 0 saturated carbocycles. The Morgan fingerprint density at radius 2 is 2.03 bits per heavy atom. The second kappa shape index (κ2) is 8.76. The molecule has 10 heteroatoms. The van der Waals surface area contributed by atoms with Crippen LogP contribution in [0, 0.1) is 0 Å². The van der Waals surface area contributed by atoms with E-state index in [1.165, 1.54) is 23.9 Å². The average molecular weight is 420 g/mol. The summed E-state index contributed by atoms with van der Waals surface area (Å²) in [5.74, 6) is -0.0293. The number of carbonyl (C=O) groups excluding carboxylic acids is 1. The summed E-state index contributed by atoms with van der Waals surface area (Å²) in [5, 5.41) is 2.82. The Bertz CT molecular complexity index is 1120. The minimum atomic E-state index is -3.64. The summed E-state index contributed by atoms with van der Waals surface area (Å²) in [6.45, 7) is 3.84. The van der Waals surface area contributed by atoms with E-state index >= 15 is 0 Å². The van der Waals surface area contributed by atoms with Crippen LogP contribution in [0.2, 0.25) is 0 Å². The lowest BCUT2D eigenvalue weighted by molar-refractivity contribution is 0.101. The Kier molecular flexibility index (Phi) is 6.36. The molecular formula is C19H25N5O4S. The zero-order valence-electron chi connectivity index (χ0n) is 16.7. The molecule has 0 radical (unpaired) electrons. The van der Waals surface area contributed by atoms with Gasteiger partial charge in [-0.25, -0.2) is 18.1 Å². The number of hydrogen-bond acceptors (Lipinski definition) is 5. The number of nitrogens with one attached hydrogen (secondary N) is 2. The van der Waals surface area contributed by atoms with E-state index in [0.29, 0.717) is 25.7 Å². The van der Waals surface area contributed by atoms with Gasteiger partial charge in [0.2, 0.25) is 16.0 Å². The summed E-state index contributed by atoms with van der Waals surface area (Å²) >= 11 is 0. The first-order chi connectivity index (χ1) is 13.9. The molecule has 0 aliphatic heterocycles. The van der Waals surface area contributed by atoms with Crippen LogP contribution in [0.5, 0.6) is 0 Å². The lowest BCUT2D eigenvalue weighted by Gasteiger charge is -2.10. The molecule has 1 aromatic carbocycles. The van der Waals surface area contributed by atoms with Crippen molar-refractivity contribution >= 4 is 32.9 Å². The van der Waals surface area contributed by atoms with Crippen molar-refractivity contribution in [2.75, 3.05) is 25.6 Å². The first-order valence-corrected chi connectivity index (χ1v) is 10.8. The van der Waals surface area contributed by atoms with E-state index in [0.717, 1.165) is 17.5 Å². The SMILES string of the molecule is CCOCCCn1c(NC(=O)c2cc(S(=O)(=O)NC)cn2C)nc2ccccc21. The van der Waals surface area contributed by atoms with E-state index in [2.05, 4.69) is 15.0 Å². The lowest BCUT2D eigenvalue weighted by Crippen LogP contribution is -2.19. The quantitative estimate of drug-likeness (QED) is 0.516. The number of para-hydroxylation sites is 2. The minimum absolute atomic E-state index is 0.0258. The molecule has 1 amide bonds. The Labute approximate surface area is 169 Å². The molecule has 0 spiro atoms. The van der Waals surface area contributed by atoms with Crippen molar-refractivity contribution in [1.82, 2.24) is 18.8 Å². The summed E-state index contributed by atoms with van der Waals surface area (Å²) in [6, 6.07) is 8.96. The monoisotopic (exact) mass is 419 g/mol. The summed E-state index contributed by atoms with van der Waals surface area (Å²) < 4.78 is 35.1. The van der Waals surface area contributed by atoms with Crippen LogP contribution < -0.4 is 10.0 Å². The van der Waals surface area contributed by atoms with Crippen LogP contribution in [0.25, 0.3) is 11.0 Å². The number of aromatic nitrogens is 3. The number of carbonyl (C=O) groups is 1. The maximum atomic E-state index is 12.8. The van der Waals surface area contributed by atoms with Crippen molar-refractivity contribution in [3.05, 3.63) is 42.2 Å². The molecular weight excluding hydrogens is 394 g/mol. The Morgan fingerprint density at radius 3 is 2.76 bits per heavy atom. The van der Waals surface area contributed by atoms with Gasteiger partial charge in [0.15, 0.2) is 0 Å². The first-order valence-electron chi connectivity index (χ1n) is 9.31. The molecule has 2 heterocycles. The zero-order chi connectivity index (χ0) is 21.0. The molecule has 0 unspecified atom stereocenters. The van der Waals surface area contributed by atoms with E-state index in [1.807, 2.05) is 35.8 Å². The highest BCUT2D eigenvalue weighted by Crippen LogP contribution is 2.21. The summed E-state index contributed by atoms with van der Waals surface area (Å²) in [7, 11) is -0.692. The number of fused-ring (bicyclic) bond motifs is 1. The number of benzene rings is 1. The molecule has 3 rings (SSSR count). The molecule has 0 saturated heterocycles. The predicted octanol–water partition coefficient (Wildman–Crippen LogP) is 1.96. The molecule has 0 aliphatic carbocycles. The smallest absolute Gasteiger partial charge is 0.274 e. The summed E-state index contributed by atoms with van der Waals surface area (Å²) in [5.41, 5.74) is 1.89. The van der Waals surface area contributed by atoms with Crippen LogP contribution >= 0.6 is 0 Å². The number of hydrogen-bond donors (Lipinski definition) is 2. The van der Waals surface area contributed by atoms with Crippen LogP contribution in [0.15, 0.2) is 41.4 Å². The van der Waals surface area contributed by atoms with Gasteiger partial charge in [0.05, 0.1) is 11.0 Å². The van der Waals surface area contributed by atoms with Crippen molar-refractivity contribution in [1.29, 1.82) is 0 Å². The maximum Gasteiger partial charge on any atom is 0.274 e. The molecule has 0 bridgehead atoms. The standard InChI is InChI=1S/C19H25N5O4S/c1-4-28-11-7-10-24-16-9-6-5-8-15(16)21-19(24)22-18(25)17-12-14(13-23(17)3)29(26,27)20-2/h5-6,8-9,12-13,20H,4,7,10-11H2,1-3H3,(H,21,22,25). The van der Waals surface area contributed by atoms with Crippen molar-refractivity contribution in [2.45, 2.75) is 24.8 Å². The van der Waals surface area contributed by atoms with E-state index in [1.54, 1.807) is 7.05 Å². The van der Waals surface area contributed by atoms with Crippen LogP contribution in [0.3, 0.4) is 0 Å². The largest absolute Gasteiger partial charge is 0.382 e. The van der Waals surface area contributed by atoms with Crippen molar-refractivity contribution in [2.24, 2.45) is 7.05 Å². The summed E-state index contributed by atoms with van der Waals surface area (Å²) in [6.07, 6.45) is 2.16. The first kappa shape index (κ1) is 21.0. The lowest BCUT2D eigenvalue weighted by atomic mass is 10.3. The number of rotatable bonds is 9. The molecule has 3 aromatic rings. The van der Waals surface area contributed by atoms with Crippen LogP contribution in [-0.2, 0) is 28.4 Å². The highest BCUT2D eigenvalue weighted by molar-refractivity contribution is 7.89. The topological polar surface area (TPSA) is 107 Å². The third-order valence-corrected chi connectivity index (χ3v) is 5.93. The fourth-order valence-electron chi connectivity index (χ4n) is 3.06. The predicted molar refractivity (Wildman–Crippen MR) is 110 cm³/mol. The average Bonchev–Trinajstić information content (AvgIpc) is 3.26. The van der Waals surface area contributed by atoms with Gasteiger partial charge in [0, 0.05) is 33.0 Å². The molecule has 0 fully saturated rings. The Hall–Kier alpha value is -2.69. The normalized spacial score (nSPS) is 11.8. The van der Waals surface area contributed by atoms with E-state index in [-0.39, 0.29) is 10.6 Å².